The molecule has 1 heterocycles. The van der Waals surface area contributed by atoms with Crippen LogP contribution >= 0.6 is 0 Å². The van der Waals surface area contributed by atoms with Crippen molar-refractivity contribution in [3.63, 3.8) is 0 Å². The lowest BCUT2D eigenvalue weighted by Crippen LogP contribution is -2.33. The lowest BCUT2D eigenvalue weighted by atomic mass is 10.1. The molecule has 0 saturated carbocycles. The Labute approximate surface area is 150 Å². The second-order valence-corrected chi connectivity index (χ2v) is 5.98. The summed E-state index contributed by atoms with van der Waals surface area (Å²) in [6, 6.07) is 22.7. The number of hydrogen-bond acceptors (Lipinski definition) is 3. The van der Waals surface area contributed by atoms with Crippen LogP contribution in [0, 0.1) is 0 Å². The quantitative estimate of drug-likeness (QED) is 0.339. The normalized spacial score (nSPS) is 11.8. The van der Waals surface area contributed by atoms with Crippen LogP contribution in [0.1, 0.15) is 0 Å². The summed E-state index contributed by atoms with van der Waals surface area (Å²) in [6.45, 7) is 0. The summed E-state index contributed by atoms with van der Waals surface area (Å²) in [6.07, 6.45) is 0. The lowest BCUT2D eigenvalue weighted by molar-refractivity contribution is 0.561. The van der Waals surface area contributed by atoms with E-state index in [-0.39, 0.29) is 0 Å². The summed E-state index contributed by atoms with van der Waals surface area (Å²) < 4.78 is 5.31. The highest BCUT2D eigenvalue weighted by molar-refractivity contribution is 6.05. The fourth-order valence-electron chi connectivity index (χ4n) is 2.99. The third-order valence-corrected chi connectivity index (χ3v) is 4.33. The van der Waals surface area contributed by atoms with Crippen molar-refractivity contribution >= 4 is 39.1 Å². The molecule has 0 amide bonds. The van der Waals surface area contributed by atoms with Gasteiger partial charge in [-0.15, -0.1) is 0 Å². The Hall–Kier alpha value is -3.60. The Bertz CT molecular complexity index is 1190. The van der Waals surface area contributed by atoms with Gasteiger partial charge < -0.3 is 15.1 Å². The van der Waals surface area contributed by atoms with Gasteiger partial charge in [-0.2, -0.15) is 0 Å². The average molecular weight is 343 g/mol. The molecule has 0 aliphatic heterocycles. The predicted molar refractivity (Wildman–Crippen MR) is 106 cm³/mol. The maximum absolute atomic E-state index is 11.6. The summed E-state index contributed by atoms with van der Waals surface area (Å²) in [5.41, 5.74) is 7.74. The van der Waals surface area contributed by atoms with Gasteiger partial charge in [-0.25, -0.2) is 9.79 Å². The average Bonchev–Trinajstić information content (AvgIpc) is 2.67. The van der Waals surface area contributed by atoms with Gasteiger partial charge in [0.15, 0.2) is 5.58 Å². The van der Waals surface area contributed by atoms with Crippen LogP contribution in [0.4, 0.5) is 11.4 Å². The first-order valence-corrected chi connectivity index (χ1v) is 8.22. The Kier molecular flexibility index (Phi) is 3.89. The summed E-state index contributed by atoms with van der Waals surface area (Å²) in [4.78, 5) is 17.9. The monoisotopic (exact) mass is 343 g/mol. The standard InChI is InChI=1S/C21H17N3O2/c1-24(18-11-5-7-14-6-2-3-9-16(14)18)21(22)23-17-10-4-8-15-12-13-19(25)26-20(15)17/h2-13H,1H3,(H2,22,23). The second-order valence-electron chi connectivity index (χ2n) is 5.98. The van der Waals surface area contributed by atoms with E-state index in [1.165, 1.54) is 6.07 Å². The second kappa shape index (κ2) is 6.37. The molecular weight excluding hydrogens is 326 g/mol. The molecule has 4 aromatic rings. The minimum atomic E-state index is -0.416. The number of fused-ring (bicyclic) bond motifs is 2. The number of nitrogens with two attached hydrogens (primary N) is 1. The third kappa shape index (κ3) is 2.80. The molecule has 128 valence electrons. The number of rotatable bonds is 2. The first kappa shape index (κ1) is 15.9. The molecule has 0 spiro atoms. The highest BCUT2D eigenvalue weighted by Crippen LogP contribution is 2.28. The van der Waals surface area contributed by atoms with E-state index in [4.69, 9.17) is 10.2 Å². The third-order valence-electron chi connectivity index (χ3n) is 4.33. The zero-order valence-corrected chi connectivity index (χ0v) is 14.2. The van der Waals surface area contributed by atoms with Crippen molar-refractivity contribution in [3.05, 3.63) is 83.2 Å². The van der Waals surface area contributed by atoms with E-state index in [9.17, 15) is 4.79 Å². The molecule has 0 fully saturated rings. The van der Waals surface area contributed by atoms with E-state index in [2.05, 4.69) is 17.1 Å². The minimum absolute atomic E-state index is 0.306. The first-order chi connectivity index (χ1) is 12.6. The zero-order chi connectivity index (χ0) is 18.1. The van der Waals surface area contributed by atoms with Crippen LogP contribution in [0.25, 0.3) is 21.7 Å². The molecule has 5 heteroatoms. The van der Waals surface area contributed by atoms with Crippen molar-refractivity contribution < 1.29 is 4.42 Å². The summed E-state index contributed by atoms with van der Waals surface area (Å²) in [5, 5.41) is 3.01. The smallest absolute Gasteiger partial charge is 0.336 e. The molecule has 2 N–H and O–H groups in total. The van der Waals surface area contributed by atoms with Crippen LogP contribution in [0.15, 0.2) is 87.0 Å². The van der Waals surface area contributed by atoms with E-state index < -0.39 is 5.63 Å². The van der Waals surface area contributed by atoms with Crippen LogP contribution in [0.3, 0.4) is 0 Å². The largest absolute Gasteiger partial charge is 0.420 e. The number of benzene rings is 3. The van der Waals surface area contributed by atoms with Crippen LogP contribution in [-0.4, -0.2) is 13.0 Å². The molecule has 0 unspecified atom stereocenters. The number of guanidine groups is 1. The topological polar surface area (TPSA) is 71.8 Å². The molecular formula is C21H17N3O2. The molecule has 0 aliphatic rings. The molecule has 3 aromatic carbocycles. The van der Waals surface area contributed by atoms with Gasteiger partial charge in [-0.05, 0) is 23.6 Å². The Morgan fingerprint density at radius 1 is 0.923 bits per heavy atom. The van der Waals surface area contributed by atoms with Crippen molar-refractivity contribution in [2.45, 2.75) is 0 Å². The Morgan fingerprint density at radius 3 is 2.54 bits per heavy atom. The number of nitrogens with zero attached hydrogens (tertiary/aromatic N) is 2. The SMILES string of the molecule is CN(C(N)=Nc1cccc2ccc(=O)oc12)c1cccc2ccccc12. The number of para-hydroxylation sites is 1. The maximum Gasteiger partial charge on any atom is 0.336 e. The molecule has 4 rings (SSSR count). The summed E-state index contributed by atoms with van der Waals surface area (Å²) in [5.74, 6) is 0.306. The van der Waals surface area contributed by atoms with Gasteiger partial charge in [-0.3, -0.25) is 0 Å². The van der Waals surface area contributed by atoms with E-state index in [1.54, 1.807) is 12.1 Å². The van der Waals surface area contributed by atoms with Crippen molar-refractivity contribution in [1.29, 1.82) is 0 Å². The fourth-order valence-corrected chi connectivity index (χ4v) is 2.99. The van der Waals surface area contributed by atoms with Gasteiger partial charge >= 0.3 is 5.63 Å². The molecule has 26 heavy (non-hydrogen) atoms. The number of anilines is 1. The van der Waals surface area contributed by atoms with Crippen molar-refractivity contribution in [3.8, 4) is 0 Å². The molecule has 0 radical (unpaired) electrons. The first-order valence-electron chi connectivity index (χ1n) is 8.22. The Morgan fingerprint density at radius 2 is 1.65 bits per heavy atom. The van der Waals surface area contributed by atoms with Crippen molar-refractivity contribution in [2.24, 2.45) is 10.7 Å². The van der Waals surface area contributed by atoms with Crippen LogP contribution < -0.4 is 16.3 Å². The zero-order valence-electron chi connectivity index (χ0n) is 14.2. The summed E-state index contributed by atoms with van der Waals surface area (Å²) >= 11 is 0. The Balaban J connectivity index is 1.81. The maximum atomic E-state index is 11.6. The van der Waals surface area contributed by atoms with Crippen LogP contribution in [-0.2, 0) is 0 Å². The van der Waals surface area contributed by atoms with Crippen molar-refractivity contribution in [1.82, 2.24) is 0 Å². The van der Waals surface area contributed by atoms with Gasteiger partial charge in [0.2, 0.25) is 5.96 Å². The molecule has 0 atom stereocenters. The van der Waals surface area contributed by atoms with Crippen molar-refractivity contribution in [2.75, 3.05) is 11.9 Å². The van der Waals surface area contributed by atoms with Gasteiger partial charge in [0.05, 0.1) is 5.69 Å². The minimum Gasteiger partial charge on any atom is -0.420 e. The highest BCUT2D eigenvalue weighted by Gasteiger charge is 2.11. The van der Waals surface area contributed by atoms with E-state index in [0.29, 0.717) is 17.2 Å². The highest BCUT2D eigenvalue weighted by atomic mass is 16.4. The van der Waals surface area contributed by atoms with Gasteiger partial charge in [0.25, 0.3) is 0 Å². The van der Waals surface area contributed by atoms with E-state index in [1.807, 2.05) is 54.4 Å². The van der Waals surface area contributed by atoms with Crippen LogP contribution in [0.5, 0.6) is 0 Å². The molecule has 1 aromatic heterocycles. The predicted octanol–water partition coefficient (Wildman–Crippen LogP) is 4.03. The fraction of sp³-hybridized carbons (Fsp3) is 0.0476. The van der Waals surface area contributed by atoms with Crippen LogP contribution in [0.2, 0.25) is 0 Å². The van der Waals surface area contributed by atoms with E-state index >= 15 is 0 Å². The molecule has 0 aliphatic carbocycles. The molecule has 0 saturated heterocycles. The molecule has 0 bridgehead atoms. The summed E-state index contributed by atoms with van der Waals surface area (Å²) in [7, 11) is 1.86. The lowest BCUT2D eigenvalue weighted by Gasteiger charge is -2.20. The number of aliphatic imine (C=N–C) groups is 1. The van der Waals surface area contributed by atoms with Gasteiger partial charge in [0.1, 0.15) is 5.69 Å². The number of hydrogen-bond donors (Lipinski definition) is 1. The van der Waals surface area contributed by atoms with E-state index in [0.717, 1.165) is 21.8 Å². The van der Waals surface area contributed by atoms with Gasteiger partial charge in [0, 0.05) is 23.9 Å². The van der Waals surface area contributed by atoms with Gasteiger partial charge in [-0.1, -0.05) is 48.5 Å². The molecule has 5 nitrogen and oxygen atoms in total.